The number of nitrogens with zero attached hydrogens (tertiary/aromatic N) is 2. The van der Waals surface area contributed by atoms with E-state index in [1.807, 2.05) is 30.3 Å². The van der Waals surface area contributed by atoms with Gasteiger partial charge >= 0.3 is 0 Å². The predicted octanol–water partition coefficient (Wildman–Crippen LogP) is 3.15. The van der Waals surface area contributed by atoms with Crippen molar-refractivity contribution in [3.63, 3.8) is 0 Å². The Morgan fingerprint density at radius 3 is 2.29 bits per heavy atom. The highest BCUT2D eigenvalue weighted by Crippen LogP contribution is 2.12. The van der Waals surface area contributed by atoms with Crippen molar-refractivity contribution in [2.45, 2.75) is 20.8 Å². The lowest BCUT2D eigenvalue weighted by Gasteiger charge is -2.15. The van der Waals surface area contributed by atoms with Crippen molar-refractivity contribution >= 4 is 11.4 Å². The maximum absolute atomic E-state index is 4.50. The molecule has 0 amide bonds. The summed E-state index contributed by atoms with van der Waals surface area (Å²) in [5.41, 5.74) is 2.27. The molecule has 1 aromatic rings. The average molecular weight is 190 g/mol. The summed E-state index contributed by atoms with van der Waals surface area (Å²) in [6.45, 7) is 6.36. The zero-order valence-electron chi connectivity index (χ0n) is 9.36. The van der Waals surface area contributed by atoms with Gasteiger partial charge in [-0.2, -0.15) is 5.10 Å². The number of hydrogen-bond donors (Lipinski definition) is 0. The number of benzene rings is 1. The first kappa shape index (κ1) is 10.8. The van der Waals surface area contributed by atoms with E-state index in [1.165, 1.54) is 0 Å². The average Bonchev–Trinajstić information content (AvgIpc) is 2.19. The SMILES string of the molecule is CC(=NN(C)c1ccccc1)C(C)C. The Labute approximate surface area is 86.2 Å². The summed E-state index contributed by atoms with van der Waals surface area (Å²) in [6, 6.07) is 10.2. The van der Waals surface area contributed by atoms with Crippen LogP contribution in [-0.2, 0) is 0 Å². The molecule has 0 saturated carbocycles. The molecule has 0 heterocycles. The van der Waals surface area contributed by atoms with Crippen LogP contribution in [0.15, 0.2) is 35.4 Å². The van der Waals surface area contributed by atoms with Crippen LogP contribution in [0.3, 0.4) is 0 Å². The van der Waals surface area contributed by atoms with E-state index in [9.17, 15) is 0 Å². The molecule has 14 heavy (non-hydrogen) atoms. The molecule has 0 bridgehead atoms. The molecular formula is C12H18N2. The van der Waals surface area contributed by atoms with E-state index in [0.717, 1.165) is 11.4 Å². The molecule has 0 radical (unpaired) electrons. The van der Waals surface area contributed by atoms with E-state index in [-0.39, 0.29) is 0 Å². The van der Waals surface area contributed by atoms with Crippen LogP contribution in [0.2, 0.25) is 0 Å². The largest absolute Gasteiger partial charge is 0.269 e. The Balaban J connectivity index is 2.77. The van der Waals surface area contributed by atoms with Crippen LogP contribution in [0.5, 0.6) is 0 Å². The second-order valence-corrected chi connectivity index (χ2v) is 3.76. The Hall–Kier alpha value is -1.31. The molecule has 2 nitrogen and oxygen atoms in total. The van der Waals surface area contributed by atoms with E-state index in [0.29, 0.717) is 5.92 Å². The zero-order valence-corrected chi connectivity index (χ0v) is 9.36. The fraction of sp³-hybridized carbons (Fsp3) is 0.417. The van der Waals surface area contributed by atoms with Gasteiger partial charge in [0.05, 0.1) is 5.69 Å². The second-order valence-electron chi connectivity index (χ2n) is 3.76. The third-order valence-corrected chi connectivity index (χ3v) is 2.27. The van der Waals surface area contributed by atoms with Crippen LogP contribution in [-0.4, -0.2) is 12.8 Å². The third-order valence-electron chi connectivity index (χ3n) is 2.27. The normalized spacial score (nSPS) is 11.9. The fourth-order valence-electron chi connectivity index (χ4n) is 1.05. The van der Waals surface area contributed by atoms with Crippen molar-refractivity contribution < 1.29 is 0 Å². The van der Waals surface area contributed by atoms with Crippen LogP contribution in [0.25, 0.3) is 0 Å². The van der Waals surface area contributed by atoms with E-state index in [1.54, 1.807) is 0 Å². The minimum absolute atomic E-state index is 0.501. The summed E-state index contributed by atoms with van der Waals surface area (Å²) >= 11 is 0. The monoisotopic (exact) mass is 190 g/mol. The second kappa shape index (κ2) is 4.80. The van der Waals surface area contributed by atoms with Gasteiger partial charge in [0, 0.05) is 12.8 Å². The van der Waals surface area contributed by atoms with E-state index < -0.39 is 0 Å². The first-order valence-electron chi connectivity index (χ1n) is 4.95. The molecule has 0 fully saturated rings. The van der Waals surface area contributed by atoms with Gasteiger partial charge in [-0.1, -0.05) is 32.0 Å². The highest BCUT2D eigenvalue weighted by Gasteiger charge is 2.01. The Bertz CT molecular complexity index is 301. The van der Waals surface area contributed by atoms with Crippen LogP contribution >= 0.6 is 0 Å². The van der Waals surface area contributed by atoms with Crippen molar-refractivity contribution in [2.75, 3.05) is 12.1 Å². The van der Waals surface area contributed by atoms with E-state index in [4.69, 9.17) is 0 Å². The van der Waals surface area contributed by atoms with Gasteiger partial charge in [0.1, 0.15) is 0 Å². The smallest absolute Gasteiger partial charge is 0.0590 e. The molecule has 0 saturated heterocycles. The molecule has 2 heteroatoms. The molecule has 0 atom stereocenters. The molecule has 1 aromatic carbocycles. The number of para-hydroxylation sites is 1. The quantitative estimate of drug-likeness (QED) is 0.528. The maximum Gasteiger partial charge on any atom is 0.0590 e. The number of anilines is 1. The molecule has 0 aliphatic heterocycles. The number of hydrazone groups is 1. The van der Waals surface area contributed by atoms with Gasteiger partial charge < -0.3 is 0 Å². The predicted molar refractivity (Wildman–Crippen MR) is 62.8 cm³/mol. The highest BCUT2D eigenvalue weighted by molar-refractivity contribution is 5.84. The molecule has 0 N–H and O–H groups in total. The van der Waals surface area contributed by atoms with Crippen molar-refractivity contribution in [2.24, 2.45) is 11.0 Å². The summed E-state index contributed by atoms with van der Waals surface area (Å²) in [4.78, 5) is 0. The standard InChI is InChI=1S/C12H18N2/c1-10(2)11(3)13-14(4)12-8-6-5-7-9-12/h5-10H,1-4H3. The summed E-state index contributed by atoms with van der Waals surface area (Å²) in [5.74, 6) is 0.501. The molecule has 76 valence electrons. The molecule has 1 rings (SSSR count). The number of hydrogen-bond acceptors (Lipinski definition) is 2. The van der Waals surface area contributed by atoms with Crippen LogP contribution in [0.4, 0.5) is 5.69 Å². The number of rotatable bonds is 3. The summed E-state index contributed by atoms with van der Waals surface area (Å²) in [7, 11) is 1.97. The van der Waals surface area contributed by atoms with Gasteiger partial charge in [-0.05, 0) is 25.0 Å². The van der Waals surface area contributed by atoms with Gasteiger partial charge in [-0.25, -0.2) is 0 Å². The Morgan fingerprint density at radius 2 is 1.79 bits per heavy atom. The van der Waals surface area contributed by atoms with Gasteiger partial charge in [0.25, 0.3) is 0 Å². The minimum atomic E-state index is 0.501. The van der Waals surface area contributed by atoms with Crippen molar-refractivity contribution in [1.29, 1.82) is 0 Å². The Kier molecular flexibility index (Phi) is 3.69. The summed E-state index contributed by atoms with van der Waals surface area (Å²) in [5, 5.41) is 6.41. The van der Waals surface area contributed by atoms with Crippen molar-refractivity contribution in [1.82, 2.24) is 0 Å². The van der Waals surface area contributed by atoms with Crippen molar-refractivity contribution in [3.8, 4) is 0 Å². The molecule has 0 aliphatic carbocycles. The summed E-state index contributed by atoms with van der Waals surface area (Å²) < 4.78 is 0. The highest BCUT2D eigenvalue weighted by atomic mass is 15.4. The fourth-order valence-corrected chi connectivity index (χ4v) is 1.05. The maximum atomic E-state index is 4.50. The zero-order chi connectivity index (χ0) is 10.6. The summed E-state index contributed by atoms with van der Waals surface area (Å²) in [6.07, 6.45) is 0. The van der Waals surface area contributed by atoms with Crippen molar-refractivity contribution in [3.05, 3.63) is 30.3 Å². The molecular weight excluding hydrogens is 172 g/mol. The first-order valence-corrected chi connectivity index (χ1v) is 4.95. The van der Waals surface area contributed by atoms with Gasteiger partial charge in [0.15, 0.2) is 0 Å². The van der Waals surface area contributed by atoms with Gasteiger partial charge in [-0.15, -0.1) is 0 Å². The molecule has 0 spiro atoms. The lowest BCUT2D eigenvalue weighted by Crippen LogP contribution is -2.14. The molecule has 0 aliphatic rings. The van der Waals surface area contributed by atoms with Crippen LogP contribution in [0.1, 0.15) is 20.8 Å². The van der Waals surface area contributed by atoms with E-state index in [2.05, 4.69) is 38.0 Å². The van der Waals surface area contributed by atoms with Crippen LogP contribution in [0, 0.1) is 5.92 Å². The van der Waals surface area contributed by atoms with Gasteiger partial charge in [0.2, 0.25) is 0 Å². The van der Waals surface area contributed by atoms with Gasteiger partial charge in [-0.3, -0.25) is 5.01 Å². The lowest BCUT2D eigenvalue weighted by molar-refractivity contribution is 0.856. The van der Waals surface area contributed by atoms with Crippen LogP contribution < -0.4 is 5.01 Å². The molecule has 0 aromatic heterocycles. The lowest BCUT2D eigenvalue weighted by atomic mass is 10.1. The minimum Gasteiger partial charge on any atom is -0.269 e. The first-order chi connectivity index (χ1) is 6.61. The molecule has 0 unspecified atom stereocenters. The Morgan fingerprint density at radius 1 is 1.21 bits per heavy atom. The topological polar surface area (TPSA) is 15.6 Å². The third kappa shape index (κ3) is 2.87. The van der Waals surface area contributed by atoms with E-state index >= 15 is 0 Å².